The van der Waals surface area contributed by atoms with Crippen molar-refractivity contribution in [3.05, 3.63) is 0 Å². The fourth-order valence-electron chi connectivity index (χ4n) is 2.44. The number of rotatable bonds is 5. The summed E-state index contributed by atoms with van der Waals surface area (Å²) in [6.45, 7) is 11.4. The van der Waals surface area contributed by atoms with Crippen LogP contribution in [0, 0.1) is 17.8 Å². The van der Waals surface area contributed by atoms with Crippen molar-refractivity contribution in [3.8, 4) is 0 Å². The molecule has 106 valence electrons. The van der Waals surface area contributed by atoms with Gasteiger partial charge < -0.3 is 10.6 Å². The Balaban J connectivity index is 2.22. The van der Waals surface area contributed by atoms with Gasteiger partial charge in [0.1, 0.15) is 0 Å². The lowest BCUT2D eigenvalue weighted by molar-refractivity contribution is -0.121. The topological polar surface area (TPSA) is 41.1 Å². The zero-order chi connectivity index (χ0) is 13.7. The summed E-state index contributed by atoms with van der Waals surface area (Å²) in [5, 5.41) is 6.44. The molecule has 0 heterocycles. The van der Waals surface area contributed by atoms with Crippen LogP contribution in [-0.4, -0.2) is 24.5 Å². The molecule has 18 heavy (non-hydrogen) atoms. The first kappa shape index (κ1) is 15.5. The van der Waals surface area contributed by atoms with Gasteiger partial charge in [-0.25, -0.2) is 0 Å². The lowest BCUT2D eigenvalue weighted by atomic mass is 9.79. The average Bonchev–Trinajstić information content (AvgIpc) is 2.30. The Morgan fingerprint density at radius 2 is 1.83 bits per heavy atom. The summed E-state index contributed by atoms with van der Waals surface area (Å²) < 4.78 is 0. The fraction of sp³-hybridized carbons (Fsp3) is 0.933. The van der Waals surface area contributed by atoms with E-state index in [2.05, 4.69) is 45.3 Å². The third kappa shape index (κ3) is 4.97. The first-order valence-corrected chi connectivity index (χ1v) is 7.42. The minimum Gasteiger partial charge on any atom is -0.352 e. The zero-order valence-electron chi connectivity index (χ0n) is 12.6. The Labute approximate surface area is 112 Å². The van der Waals surface area contributed by atoms with Gasteiger partial charge in [-0.3, -0.25) is 4.79 Å². The molecule has 0 radical (unpaired) electrons. The highest BCUT2D eigenvalue weighted by molar-refractivity contribution is 5.78. The van der Waals surface area contributed by atoms with E-state index in [-0.39, 0.29) is 11.9 Å². The van der Waals surface area contributed by atoms with Gasteiger partial charge in [0.05, 0.1) is 6.54 Å². The monoisotopic (exact) mass is 254 g/mol. The summed E-state index contributed by atoms with van der Waals surface area (Å²) >= 11 is 0. The molecule has 0 aromatic heterocycles. The Bertz CT molecular complexity index is 265. The van der Waals surface area contributed by atoms with Crippen LogP contribution in [0.4, 0.5) is 0 Å². The van der Waals surface area contributed by atoms with Crippen molar-refractivity contribution in [2.75, 3.05) is 6.54 Å². The first-order chi connectivity index (χ1) is 8.40. The molecule has 1 aliphatic rings. The van der Waals surface area contributed by atoms with Crippen molar-refractivity contribution in [1.82, 2.24) is 10.6 Å². The van der Waals surface area contributed by atoms with Crippen LogP contribution < -0.4 is 10.6 Å². The minimum absolute atomic E-state index is 0.127. The second-order valence-corrected chi connectivity index (χ2v) is 6.45. The number of amides is 1. The number of hydrogen-bond donors (Lipinski definition) is 2. The van der Waals surface area contributed by atoms with Gasteiger partial charge in [0, 0.05) is 12.1 Å². The van der Waals surface area contributed by atoms with Crippen LogP contribution in [0.25, 0.3) is 0 Å². The molecule has 0 bridgehead atoms. The molecular formula is C15H30N2O. The normalized spacial score (nSPS) is 30.2. The van der Waals surface area contributed by atoms with Gasteiger partial charge in [0.25, 0.3) is 0 Å². The molecule has 0 aromatic carbocycles. The number of carbonyl (C=O) groups excluding carboxylic acids is 1. The lowest BCUT2D eigenvalue weighted by Gasteiger charge is -2.32. The molecule has 3 nitrogen and oxygen atoms in total. The van der Waals surface area contributed by atoms with Gasteiger partial charge in [0.2, 0.25) is 5.91 Å². The molecule has 3 heteroatoms. The van der Waals surface area contributed by atoms with E-state index in [0.717, 1.165) is 11.8 Å². The van der Waals surface area contributed by atoms with Crippen LogP contribution in [0.2, 0.25) is 0 Å². The maximum absolute atomic E-state index is 11.8. The molecule has 1 aliphatic carbocycles. The van der Waals surface area contributed by atoms with E-state index < -0.39 is 0 Å². The summed E-state index contributed by atoms with van der Waals surface area (Å²) in [5.41, 5.74) is 0. The number of hydrogen-bond acceptors (Lipinski definition) is 2. The van der Waals surface area contributed by atoms with Crippen LogP contribution in [-0.2, 0) is 4.79 Å². The van der Waals surface area contributed by atoms with Gasteiger partial charge >= 0.3 is 0 Å². The molecule has 0 spiro atoms. The summed E-state index contributed by atoms with van der Waals surface area (Å²) in [6.07, 6.45) is 3.69. The molecule has 1 amide bonds. The van der Waals surface area contributed by atoms with Gasteiger partial charge in [-0.1, -0.05) is 27.7 Å². The highest BCUT2D eigenvalue weighted by atomic mass is 16.1. The lowest BCUT2D eigenvalue weighted by Crippen LogP contribution is -2.45. The highest BCUT2D eigenvalue weighted by Crippen LogP contribution is 2.29. The Morgan fingerprint density at radius 1 is 1.17 bits per heavy atom. The SMILES string of the molecule is CC(C)C(C)NC(=O)CNC1CCC(C)C(C)C1. The third-order valence-electron chi connectivity index (χ3n) is 4.54. The summed E-state index contributed by atoms with van der Waals surface area (Å²) in [4.78, 5) is 11.8. The molecule has 1 saturated carbocycles. The molecule has 2 N–H and O–H groups in total. The Hall–Kier alpha value is -0.570. The van der Waals surface area contributed by atoms with E-state index in [1.807, 2.05) is 0 Å². The van der Waals surface area contributed by atoms with Crippen molar-refractivity contribution in [2.24, 2.45) is 17.8 Å². The Morgan fingerprint density at radius 3 is 2.39 bits per heavy atom. The van der Waals surface area contributed by atoms with E-state index in [1.54, 1.807) is 0 Å². The van der Waals surface area contributed by atoms with Crippen LogP contribution in [0.15, 0.2) is 0 Å². The van der Waals surface area contributed by atoms with Crippen LogP contribution in [0.5, 0.6) is 0 Å². The van der Waals surface area contributed by atoms with Crippen molar-refractivity contribution in [1.29, 1.82) is 0 Å². The number of carbonyl (C=O) groups is 1. The van der Waals surface area contributed by atoms with E-state index in [1.165, 1.54) is 19.3 Å². The summed E-state index contributed by atoms with van der Waals surface area (Å²) in [5.74, 6) is 2.22. The predicted octanol–water partition coefficient (Wildman–Crippen LogP) is 2.56. The highest BCUT2D eigenvalue weighted by Gasteiger charge is 2.24. The molecule has 0 aliphatic heterocycles. The molecule has 1 fully saturated rings. The molecular weight excluding hydrogens is 224 g/mol. The van der Waals surface area contributed by atoms with Crippen molar-refractivity contribution in [2.45, 2.75) is 66.0 Å². The van der Waals surface area contributed by atoms with Crippen LogP contribution in [0.1, 0.15) is 53.9 Å². The van der Waals surface area contributed by atoms with E-state index in [9.17, 15) is 4.79 Å². The minimum atomic E-state index is 0.127. The molecule has 0 saturated heterocycles. The largest absolute Gasteiger partial charge is 0.352 e. The maximum atomic E-state index is 11.8. The van der Waals surface area contributed by atoms with Gasteiger partial charge in [0.15, 0.2) is 0 Å². The van der Waals surface area contributed by atoms with Crippen molar-refractivity contribution in [3.63, 3.8) is 0 Å². The van der Waals surface area contributed by atoms with Crippen LogP contribution >= 0.6 is 0 Å². The zero-order valence-corrected chi connectivity index (χ0v) is 12.6. The Kier molecular flexibility index (Phi) is 6.13. The molecule has 1 rings (SSSR count). The number of nitrogens with one attached hydrogen (secondary N) is 2. The van der Waals surface area contributed by atoms with Gasteiger partial charge in [-0.05, 0) is 43.9 Å². The molecule has 0 aromatic rings. The van der Waals surface area contributed by atoms with Gasteiger partial charge in [-0.2, -0.15) is 0 Å². The van der Waals surface area contributed by atoms with Gasteiger partial charge in [-0.15, -0.1) is 0 Å². The standard InChI is InChI=1S/C15H30N2O/c1-10(2)13(5)17-15(18)9-16-14-7-6-11(3)12(4)8-14/h10-14,16H,6-9H2,1-5H3,(H,17,18). The fourth-order valence-corrected chi connectivity index (χ4v) is 2.44. The maximum Gasteiger partial charge on any atom is 0.234 e. The average molecular weight is 254 g/mol. The summed E-state index contributed by atoms with van der Waals surface area (Å²) in [6, 6.07) is 0.779. The van der Waals surface area contributed by atoms with E-state index in [4.69, 9.17) is 0 Å². The first-order valence-electron chi connectivity index (χ1n) is 7.42. The smallest absolute Gasteiger partial charge is 0.234 e. The van der Waals surface area contributed by atoms with Crippen molar-refractivity contribution >= 4 is 5.91 Å². The molecule has 4 atom stereocenters. The summed E-state index contributed by atoms with van der Waals surface area (Å²) in [7, 11) is 0. The molecule has 4 unspecified atom stereocenters. The quantitative estimate of drug-likeness (QED) is 0.791. The van der Waals surface area contributed by atoms with E-state index >= 15 is 0 Å². The van der Waals surface area contributed by atoms with E-state index in [0.29, 0.717) is 18.5 Å². The predicted molar refractivity (Wildman–Crippen MR) is 76.4 cm³/mol. The second kappa shape index (κ2) is 7.13. The second-order valence-electron chi connectivity index (χ2n) is 6.45. The third-order valence-corrected chi connectivity index (χ3v) is 4.54. The van der Waals surface area contributed by atoms with Crippen LogP contribution in [0.3, 0.4) is 0 Å². The van der Waals surface area contributed by atoms with Crippen molar-refractivity contribution < 1.29 is 4.79 Å².